The van der Waals surface area contributed by atoms with E-state index in [1.165, 1.54) is 5.56 Å². The summed E-state index contributed by atoms with van der Waals surface area (Å²) in [5.74, 6) is 0.190. The zero-order chi connectivity index (χ0) is 11.4. The summed E-state index contributed by atoms with van der Waals surface area (Å²) in [6.45, 7) is 3.57. The van der Waals surface area contributed by atoms with E-state index in [0.717, 1.165) is 0 Å². The molecule has 2 rings (SSSR count). The first-order chi connectivity index (χ1) is 7.73. The standard InChI is InChI=1S/C15H15F/c1-2-10-15(16)11-8-14(9-12-15)13-6-4-3-5-7-13/h2-9,11-12,14H,1,10H2. The Bertz CT molecular complexity index is 400. The van der Waals surface area contributed by atoms with E-state index in [2.05, 4.69) is 18.7 Å². The zero-order valence-electron chi connectivity index (χ0n) is 9.14. The summed E-state index contributed by atoms with van der Waals surface area (Å²) in [6.07, 6.45) is 9.04. The summed E-state index contributed by atoms with van der Waals surface area (Å²) in [5, 5.41) is 0. The number of benzene rings is 1. The van der Waals surface area contributed by atoms with Gasteiger partial charge in [-0.25, -0.2) is 4.39 Å². The van der Waals surface area contributed by atoms with Gasteiger partial charge in [0.2, 0.25) is 0 Å². The van der Waals surface area contributed by atoms with Crippen LogP contribution in [0.3, 0.4) is 0 Å². The predicted octanol–water partition coefficient (Wildman–Crippen LogP) is 4.18. The van der Waals surface area contributed by atoms with Crippen LogP contribution in [-0.4, -0.2) is 5.67 Å². The summed E-state index contributed by atoms with van der Waals surface area (Å²) >= 11 is 0. The normalized spacial score (nSPS) is 27.9. The van der Waals surface area contributed by atoms with Crippen molar-refractivity contribution >= 4 is 0 Å². The fraction of sp³-hybridized carbons (Fsp3) is 0.200. The quantitative estimate of drug-likeness (QED) is 0.662. The molecule has 0 bridgehead atoms. The molecule has 0 fully saturated rings. The molecule has 1 aliphatic carbocycles. The first kappa shape index (κ1) is 10.9. The smallest absolute Gasteiger partial charge is 0.150 e. The first-order valence-corrected chi connectivity index (χ1v) is 5.47. The molecule has 1 aromatic rings. The third kappa shape index (κ3) is 2.30. The third-order valence-corrected chi connectivity index (χ3v) is 2.80. The maximum Gasteiger partial charge on any atom is 0.150 e. The molecule has 0 unspecified atom stereocenters. The topological polar surface area (TPSA) is 0 Å². The van der Waals surface area contributed by atoms with Crippen molar-refractivity contribution in [3.05, 3.63) is 72.9 Å². The zero-order valence-corrected chi connectivity index (χ0v) is 9.14. The molecule has 16 heavy (non-hydrogen) atoms. The molecule has 1 aromatic carbocycles. The molecule has 0 aliphatic heterocycles. The maximum atomic E-state index is 14.0. The van der Waals surface area contributed by atoms with E-state index in [4.69, 9.17) is 0 Å². The summed E-state index contributed by atoms with van der Waals surface area (Å²) in [6, 6.07) is 10.1. The number of allylic oxidation sites excluding steroid dienone is 5. The van der Waals surface area contributed by atoms with Crippen molar-refractivity contribution in [3.8, 4) is 0 Å². The minimum absolute atomic E-state index is 0.190. The molecule has 0 atom stereocenters. The molecule has 0 amide bonds. The summed E-state index contributed by atoms with van der Waals surface area (Å²) < 4.78 is 14.0. The highest BCUT2D eigenvalue weighted by molar-refractivity contribution is 5.35. The van der Waals surface area contributed by atoms with Crippen LogP contribution in [0.15, 0.2) is 67.3 Å². The van der Waals surface area contributed by atoms with Crippen molar-refractivity contribution in [2.45, 2.75) is 18.0 Å². The van der Waals surface area contributed by atoms with Gasteiger partial charge in [0.05, 0.1) is 0 Å². The molecule has 0 radical (unpaired) electrons. The molecule has 1 aliphatic rings. The second kappa shape index (κ2) is 4.48. The Morgan fingerprint density at radius 2 is 1.81 bits per heavy atom. The Balaban J connectivity index is 2.15. The Kier molecular flexibility index (Phi) is 3.04. The average Bonchev–Trinajstić information content (AvgIpc) is 2.31. The van der Waals surface area contributed by atoms with Crippen molar-refractivity contribution in [1.82, 2.24) is 0 Å². The molecule has 0 aromatic heterocycles. The van der Waals surface area contributed by atoms with Gasteiger partial charge >= 0.3 is 0 Å². The van der Waals surface area contributed by atoms with Crippen LogP contribution in [0.5, 0.6) is 0 Å². The van der Waals surface area contributed by atoms with Gasteiger partial charge in [-0.15, -0.1) is 6.58 Å². The number of alkyl halides is 1. The van der Waals surface area contributed by atoms with Crippen LogP contribution >= 0.6 is 0 Å². The molecular weight excluding hydrogens is 199 g/mol. The molecule has 0 saturated heterocycles. The van der Waals surface area contributed by atoms with Gasteiger partial charge in [-0.1, -0.05) is 48.6 Å². The molecule has 0 spiro atoms. The van der Waals surface area contributed by atoms with E-state index in [1.807, 2.05) is 30.4 Å². The highest BCUT2D eigenvalue weighted by atomic mass is 19.1. The van der Waals surface area contributed by atoms with E-state index in [1.54, 1.807) is 18.2 Å². The van der Waals surface area contributed by atoms with Gasteiger partial charge < -0.3 is 0 Å². The predicted molar refractivity (Wildman–Crippen MR) is 66.1 cm³/mol. The lowest BCUT2D eigenvalue weighted by atomic mass is 9.88. The van der Waals surface area contributed by atoms with Crippen molar-refractivity contribution < 1.29 is 4.39 Å². The number of rotatable bonds is 3. The van der Waals surface area contributed by atoms with E-state index in [-0.39, 0.29) is 5.92 Å². The lowest BCUT2D eigenvalue weighted by Crippen LogP contribution is -2.18. The Hall–Kier alpha value is -1.63. The van der Waals surface area contributed by atoms with Gasteiger partial charge in [0, 0.05) is 12.3 Å². The lowest BCUT2D eigenvalue weighted by Gasteiger charge is -2.22. The number of halogens is 1. The molecule has 1 heteroatoms. The first-order valence-electron chi connectivity index (χ1n) is 5.47. The Labute approximate surface area is 95.8 Å². The van der Waals surface area contributed by atoms with Crippen molar-refractivity contribution in [2.24, 2.45) is 0 Å². The Morgan fingerprint density at radius 1 is 1.19 bits per heavy atom. The third-order valence-electron chi connectivity index (χ3n) is 2.80. The van der Waals surface area contributed by atoms with Gasteiger partial charge in [0.25, 0.3) is 0 Å². The summed E-state index contributed by atoms with van der Waals surface area (Å²) in [7, 11) is 0. The van der Waals surface area contributed by atoms with Crippen LogP contribution in [0.1, 0.15) is 17.9 Å². The second-order valence-electron chi connectivity index (χ2n) is 4.07. The largest absolute Gasteiger partial charge is 0.234 e. The monoisotopic (exact) mass is 214 g/mol. The van der Waals surface area contributed by atoms with Crippen LogP contribution < -0.4 is 0 Å². The average molecular weight is 214 g/mol. The van der Waals surface area contributed by atoms with Gasteiger partial charge in [-0.2, -0.15) is 0 Å². The molecule has 82 valence electrons. The molecular formula is C15H15F. The van der Waals surface area contributed by atoms with Gasteiger partial charge in [0.15, 0.2) is 5.67 Å². The second-order valence-corrected chi connectivity index (χ2v) is 4.07. The Morgan fingerprint density at radius 3 is 2.38 bits per heavy atom. The fourth-order valence-electron chi connectivity index (χ4n) is 1.90. The summed E-state index contributed by atoms with van der Waals surface area (Å²) in [5.41, 5.74) is -0.150. The number of hydrogen-bond acceptors (Lipinski definition) is 0. The van der Waals surface area contributed by atoms with E-state index in [9.17, 15) is 4.39 Å². The van der Waals surface area contributed by atoms with Crippen LogP contribution in [0.25, 0.3) is 0 Å². The highest BCUT2D eigenvalue weighted by Crippen LogP contribution is 2.30. The molecule has 0 nitrogen and oxygen atoms in total. The minimum atomic E-state index is -1.34. The van der Waals surface area contributed by atoms with Crippen molar-refractivity contribution in [3.63, 3.8) is 0 Å². The number of hydrogen-bond donors (Lipinski definition) is 0. The lowest BCUT2D eigenvalue weighted by molar-refractivity contribution is 0.298. The van der Waals surface area contributed by atoms with Gasteiger partial charge in [-0.3, -0.25) is 0 Å². The van der Waals surface area contributed by atoms with Gasteiger partial charge in [0.1, 0.15) is 0 Å². The van der Waals surface area contributed by atoms with E-state index >= 15 is 0 Å². The molecule has 0 N–H and O–H groups in total. The van der Waals surface area contributed by atoms with E-state index in [0.29, 0.717) is 6.42 Å². The van der Waals surface area contributed by atoms with Crippen molar-refractivity contribution in [2.75, 3.05) is 0 Å². The summed E-state index contributed by atoms with van der Waals surface area (Å²) in [4.78, 5) is 0. The highest BCUT2D eigenvalue weighted by Gasteiger charge is 2.24. The van der Waals surface area contributed by atoms with Crippen LogP contribution in [0.4, 0.5) is 4.39 Å². The van der Waals surface area contributed by atoms with Crippen LogP contribution in [0.2, 0.25) is 0 Å². The SMILES string of the molecule is C=CCC1(F)C=CC(c2ccccc2)C=C1. The van der Waals surface area contributed by atoms with Crippen LogP contribution in [-0.2, 0) is 0 Å². The van der Waals surface area contributed by atoms with E-state index < -0.39 is 5.67 Å². The molecule has 0 heterocycles. The minimum Gasteiger partial charge on any atom is -0.234 e. The maximum absolute atomic E-state index is 14.0. The van der Waals surface area contributed by atoms with Crippen LogP contribution in [0, 0.1) is 0 Å². The van der Waals surface area contributed by atoms with Gasteiger partial charge in [-0.05, 0) is 17.7 Å². The molecule has 0 saturated carbocycles. The fourth-order valence-corrected chi connectivity index (χ4v) is 1.90. The van der Waals surface area contributed by atoms with Crippen molar-refractivity contribution in [1.29, 1.82) is 0 Å².